The molecule has 0 fully saturated rings. The molecule has 0 radical (unpaired) electrons. The Morgan fingerprint density at radius 3 is 2.69 bits per heavy atom. The summed E-state index contributed by atoms with van der Waals surface area (Å²) in [7, 11) is 0. The predicted molar refractivity (Wildman–Crippen MR) is 62.8 cm³/mol. The number of carbonyl (C=O) groups is 1. The Bertz CT molecular complexity index is 355. The van der Waals surface area contributed by atoms with Crippen molar-refractivity contribution < 1.29 is 4.79 Å². The van der Waals surface area contributed by atoms with Crippen molar-refractivity contribution in [1.82, 2.24) is 9.97 Å². The quantitative estimate of drug-likeness (QED) is 0.715. The Kier molecular flexibility index (Phi) is 4.50. The van der Waals surface area contributed by atoms with Crippen molar-refractivity contribution in [1.29, 1.82) is 0 Å². The largest absolute Gasteiger partial charge is 0.381 e. The van der Waals surface area contributed by atoms with E-state index >= 15 is 0 Å². The zero-order valence-electron chi connectivity index (χ0n) is 9.39. The van der Waals surface area contributed by atoms with E-state index in [1.165, 1.54) is 6.20 Å². The summed E-state index contributed by atoms with van der Waals surface area (Å²) in [5.74, 6) is 0.441. The molecule has 0 aliphatic rings. The van der Waals surface area contributed by atoms with Gasteiger partial charge in [-0.2, -0.15) is 0 Å². The molecule has 1 rings (SSSR count). The second-order valence-corrected chi connectivity index (χ2v) is 3.51. The van der Waals surface area contributed by atoms with Gasteiger partial charge in [0.25, 0.3) is 0 Å². The molecular weight excluding hydrogens is 206 g/mol. The molecule has 1 amide bonds. The number of nitrogens with two attached hydrogens (primary N) is 2. The van der Waals surface area contributed by atoms with E-state index in [-0.39, 0.29) is 6.54 Å². The van der Waals surface area contributed by atoms with Gasteiger partial charge in [0.1, 0.15) is 0 Å². The Morgan fingerprint density at radius 2 is 2.12 bits per heavy atom. The molecular formula is C10H17N5O. The second kappa shape index (κ2) is 5.89. The number of primary amides is 1. The van der Waals surface area contributed by atoms with Crippen molar-refractivity contribution in [2.45, 2.75) is 19.8 Å². The minimum Gasteiger partial charge on any atom is -0.381 e. The first-order chi connectivity index (χ1) is 7.65. The minimum absolute atomic E-state index is 0.114. The number of nitrogen functional groups attached to an aromatic ring is 1. The number of rotatable bonds is 6. The van der Waals surface area contributed by atoms with Gasteiger partial charge in [-0.3, -0.25) is 4.79 Å². The monoisotopic (exact) mass is 223 g/mol. The van der Waals surface area contributed by atoms with Crippen molar-refractivity contribution in [2.24, 2.45) is 5.73 Å². The van der Waals surface area contributed by atoms with Crippen LogP contribution in [0.3, 0.4) is 0 Å². The van der Waals surface area contributed by atoms with Gasteiger partial charge in [0.15, 0.2) is 11.6 Å². The molecule has 0 spiro atoms. The van der Waals surface area contributed by atoms with Crippen LogP contribution < -0.4 is 16.4 Å². The van der Waals surface area contributed by atoms with Gasteiger partial charge in [-0.05, 0) is 6.42 Å². The first kappa shape index (κ1) is 12.2. The van der Waals surface area contributed by atoms with Crippen LogP contribution in [0.15, 0.2) is 12.4 Å². The maximum Gasteiger partial charge on any atom is 0.237 e. The Labute approximate surface area is 94.7 Å². The highest BCUT2D eigenvalue weighted by molar-refractivity contribution is 5.80. The fraction of sp³-hybridized carbons (Fsp3) is 0.500. The highest BCUT2D eigenvalue weighted by atomic mass is 16.1. The van der Waals surface area contributed by atoms with Crippen LogP contribution >= 0.6 is 0 Å². The number of aromatic nitrogens is 2. The average Bonchev–Trinajstić information content (AvgIpc) is 2.24. The molecule has 1 aromatic heterocycles. The molecule has 4 N–H and O–H groups in total. The Hall–Kier alpha value is -1.85. The lowest BCUT2D eigenvalue weighted by atomic mass is 10.3. The number of unbranched alkanes of at least 4 members (excludes halogenated alkanes) is 1. The van der Waals surface area contributed by atoms with Gasteiger partial charge in [0, 0.05) is 18.9 Å². The molecule has 0 aliphatic heterocycles. The van der Waals surface area contributed by atoms with Crippen LogP contribution in [0.2, 0.25) is 0 Å². The maximum atomic E-state index is 10.9. The molecule has 16 heavy (non-hydrogen) atoms. The van der Waals surface area contributed by atoms with Crippen molar-refractivity contribution in [3.8, 4) is 0 Å². The number of hydrogen-bond acceptors (Lipinski definition) is 5. The van der Waals surface area contributed by atoms with Crippen molar-refractivity contribution in [3.63, 3.8) is 0 Å². The summed E-state index contributed by atoms with van der Waals surface area (Å²) in [5, 5.41) is 0. The molecule has 6 heteroatoms. The predicted octanol–water partition coefficient (Wildman–Crippen LogP) is 0.151. The number of hydrogen-bond donors (Lipinski definition) is 2. The molecule has 0 aromatic carbocycles. The minimum atomic E-state index is -0.402. The van der Waals surface area contributed by atoms with E-state index in [9.17, 15) is 4.79 Å². The first-order valence-electron chi connectivity index (χ1n) is 5.25. The van der Waals surface area contributed by atoms with Crippen LogP contribution in [-0.4, -0.2) is 29.0 Å². The lowest BCUT2D eigenvalue weighted by molar-refractivity contribution is -0.116. The van der Waals surface area contributed by atoms with Gasteiger partial charge >= 0.3 is 0 Å². The lowest BCUT2D eigenvalue weighted by Crippen LogP contribution is -2.35. The third-order valence-corrected chi connectivity index (χ3v) is 2.13. The topological polar surface area (TPSA) is 98.1 Å². The molecule has 0 unspecified atom stereocenters. The van der Waals surface area contributed by atoms with Gasteiger partial charge < -0.3 is 16.4 Å². The molecule has 0 saturated carbocycles. The van der Waals surface area contributed by atoms with Gasteiger partial charge in [-0.15, -0.1) is 0 Å². The van der Waals surface area contributed by atoms with Crippen molar-refractivity contribution in [3.05, 3.63) is 12.4 Å². The Balaban J connectivity index is 2.82. The van der Waals surface area contributed by atoms with E-state index in [4.69, 9.17) is 11.5 Å². The van der Waals surface area contributed by atoms with Crippen LogP contribution in [0.4, 0.5) is 11.6 Å². The van der Waals surface area contributed by atoms with Crippen LogP contribution in [0, 0.1) is 0 Å². The van der Waals surface area contributed by atoms with Gasteiger partial charge in [0.2, 0.25) is 5.91 Å². The molecule has 6 nitrogen and oxygen atoms in total. The van der Waals surface area contributed by atoms with Crippen LogP contribution in [0.25, 0.3) is 0 Å². The molecule has 1 heterocycles. The standard InChI is InChI=1S/C10H17N5O/c1-2-3-6-15(7-8(11)16)10-9(12)13-4-5-14-10/h4-5H,2-3,6-7H2,1H3,(H2,11,16)(H2,12,13). The average molecular weight is 223 g/mol. The summed E-state index contributed by atoms with van der Waals surface area (Å²) in [6.45, 7) is 2.88. The van der Waals surface area contributed by atoms with E-state index in [1.54, 1.807) is 11.1 Å². The van der Waals surface area contributed by atoms with Gasteiger partial charge in [0.05, 0.1) is 6.54 Å². The normalized spacial score (nSPS) is 10.1. The van der Waals surface area contributed by atoms with Crippen molar-refractivity contribution >= 4 is 17.5 Å². The smallest absolute Gasteiger partial charge is 0.237 e. The molecule has 0 aliphatic carbocycles. The number of nitrogens with zero attached hydrogens (tertiary/aromatic N) is 3. The second-order valence-electron chi connectivity index (χ2n) is 3.51. The van der Waals surface area contributed by atoms with Crippen molar-refractivity contribution in [2.75, 3.05) is 23.7 Å². The molecule has 1 aromatic rings. The summed E-state index contributed by atoms with van der Waals surface area (Å²) in [4.78, 5) is 20.8. The summed E-state index contributed by atoms with van der Waals surface area (Å²) >= 11 is 0. The third-order valence-electron chi connectivity index (χ3n) is 2.13. The van der Waals surface area contributed by atoms with E-state index in [2.05, 4.69) is 16.9 Å². The zero-order chi connectivity index (χ0) is 12.0. The van der Waals surface area contributed by atoms with Gasteiger partial charge in [-0.1, -0.05) is 13.3 Å². The number of amides is 1. The highest BCUT2D eigenvalue weighted by Gasteiger charge is 2.13. The fourth-order valence-electron chi connectivity index (χ4n) is 1.38. The number of carbonyl (C=O) groups excluding carboxylic acids is 1. The van der Waals surface area contributed by atoms with E-state index in [1.807, 2.05) is 0 Å². The van der Waals surface area contributed by atoms with E-state index in [0.29, 0.717) is 18.2 Å². The van der Waals surface area contributed by atoms with Gasteiger partial charge in [-0.25, -0.2) is 9.97 Å². The summed E-state index contributed by atoms with van der Waals surface area (Å²) in [6, 6.07) is 0. The molecule has 88 valence electrons. The summed E-state index contributed by atoms with van der Waals surface area (Å²) in [5.41, 5.74) is 10.9. The Morgan fingerprint density at radius 1 is 1.44 bits per heavy atom. The lowest BCUT2D eigenvalue weighted by Gasteiger charge is -2.22. The zero-order valence-corrected chi connectivity index (χ0v) is 9.39. The number of anilines is 2. The molecule has 0 atom stereocenters. The van der Waals surface area contributed by atoms with E-state index in [0.717, 1.165) is 12.8 Å². The fourth-order valence-corrected chi connectivity index (χ4v) is 1.38. The highest BCUT2D eigenvalue weighted by Crippen LogP contribution is 2.16. The summed E-state index contributed by atoms with van der Waals surface area (Å²) in [6.07, 6.45) is 5.03. The van der Waals surface area contributed by atoms with Crippen LogP contribution in [-0.2, 0) is 4.79 Å². The first-order valence-corrected chi connectivity index (χ1v) is 5.25. The van der Waals surface area contributed by atoms with Crippen LogP contribution in [0.5, 0.6) is 0 Å². The maximum absolute atomic E-state index is 10.9. The SMILES string of the molecule is CCCCN(CC(N)=O)c1nccnc1N. The van der Waals surface area contributed by atoms with Crippen LogP contribution in [0.1, 0.15) is 19.8 Å². The third kappa shape index (κ3) is 3.38. The molecule has 0 bridgehead atoms. The summed E-state index contributed by atoms with van der Waals surface area (Å²) < 4.78 is 0. The van der Waals surface area contributed by atoms with E-state index < -0.39 is 5.91 Å². The molecule has 0 saturated heterocycles.